The van der Waals surface area contributed by atoms with Gasteiger partial charge in [-0.05, 0) is 60.5 Å². The number of aromatic nitrogens is 2. The Morgan fingerprint density at radius 2 is 1.79 bits per heavy atom. The van der Waals surface area contributed by atoms with Gasteiger partial charge in [0.15, 0.2) is 0 Å². The molecule has 4 rings (SSSR count). The van der Waals surface area contributed by atoms with Crippen LogP contribution in [-0.2, 0) is 6.61 Å². The van der Waals surface area contributed by atoms with E-state index in [1.165, 1.54) is 0 Å². The molecule has 7 nitrogen and oxygen atoms in total. The van der Waals surface area contributed by atoms with Crippen molar-refractivity contribution in [3.63, 3.8) is 0 Å². The molecule has 33 heavy (non-hydrogen) atoms. The lowest BCUT2D eigenvalue weighted by Crippen LogP contribution is -2.17. The van der Waals surface area contributed by atoms with Crippen LogP contribution in [-0.4, -0.2) is 28.9 Å². The van der Waals surface area contributed by atoms with Crippen LogP contribution in [0.3, 0.4) is 0 Å². The first-order valence-corrected chi connectivity index (χ1v) is 10.6. The van der Waals surface area contributed by atoms with Gasteiger partial charge in [0.25, 0.3) is 5.91 Å². The molecule has 0 aliphatic heterocycles. The maximum atomic E-state index is 12.4. The molecule has 0 fully saturated rings. The molecular weight excluding hydrogens is 416 g/mol. The monoisotopic (exact) mass is 440 g/mol. The number of hydrazone groups is 1. The molecule has 3 aromatic carbocycles. The van der Waals surface area contributed by atoms with Gasteiger partial charge in [-0.2, -0.15) is 10.2 Å². The van der Waals surface area contributed by atoms with Crippen LogP contribution < -0.4 is 14.9 Å². The molecule has 1 aromatic heterocycles. The zero-order valence-corrected chi connectivity index (χ0v) is 18.2. The summed E-state index contributed by atoms with van der Waals surface area (Å²) in [4.78, 5) is 12.4. The summed E-state index contributed by atoms with van der Waals surface area (Å²) in [7, 11) is 0. The average molecular weight is 441 g/mol. The van der Waals surface area contributed by atoms with Gasteiger partial charge >= 0.3 is 0 Å². The summed E-state index contributed by atoms with van der Waals surface area (Å²) in [5.41, 5.74) is 6.23. The summed E-state index contributed by atoms with van der Waals surface area (Å²) in [5, 5.41) is 11.0. The van der Waals surface area contributed by atoms with Gasteiger partial charge in [0.2, 0.25) is 0 Å². The molecule has 0 bridgehead atoms. The Hall–Kier alpha value is -4.39. The van der Waals surface area contributed by atoms with Crippen LogP contribution in [0.25, 0.3) is 11.3 Å². The largest absolute Gasteiger partial charge is 0.494 e. The highest BCUT2D eigenvalue weighted by atomic mass is 16.5. The van der Waals surface area contributed by atoms with Crippen LogP contribution in [0.1, 0.15) is 28.5 Å². The lowest BCUT2D eigenvalue weighted by Gasteiger charge is -2.07. The third kappa shape index (κ3) is 6.07. The van der Waals surface area contributed by atoms with E-state index in [1.54, 1.807) is 12.3 Å². The summed E-state index contributed by atoms with van der Waals surface area (Å²) in [6.07, 6.45) is 1.57. The second-order valence-electron chi connectivity index (χ2n) is 7.17. The Bertz CT molecular complexity index is 1220. The zero-order chi connectivity index (χ0) is 22.9. The Morgan fingerprint density at radius 3 is 2.58 bits per heavy atom. The standard InChI is InChI=1S/C26H24N4O3/c1-2-32-22-13-11-19(12-14-22)17-27-30-26(31)25-16-24(28-29-25)21-9-6-10-23(15-21)33-18-20-7-4-3-5-8-20/h3-17H,2,18H2,1H3,(H,28,29)(H,30,31)/b27-17-. The molecule has 1 heterocycles. The first-order chi connectivity index (χ1) is 16.2. The van der Waals surface area contributed by atoms with E-state index in [4.69, 9.17) is 9.47 Å². The number of carbonyl (C=O) groups is 1. The van der Waals surface area contributed by atoms with Gasteiger partial charge in [0, 0.05) is 5.56 Å². The van der Waals surface area contributed by atoms with Crippen LogP contribution >= 0.6 is 0 Å². The molecule has 0 aliphatic carbocycles. The van der Waals surface area contributed by atoms with E-state index in [-0.39, 0.29) is 5.91 Å². The highest BCUT2D eigenvalue weighted by molar-refractivity contribution is 5.94. The number of hydrogen-bond donors (Lipinski definition) is 2. The molecule has 166 valence electrons. The molecule has 0 saturated carbocycles. The number of rotatable bonds is 9. The number of benzene rings is 3. The van der Waals surface area contributed by atoms with Gasteiger partial charge in [0.05, 0.1) is 18.5 Å². The summed E-state index contributed by atoms with van der Waals surface area (Å²) < 4.78 is 11.3. The number of nitrogens with zero attached hydrogens (tertiary/aromatic N) is 2. The maximum Gasteiger partial charge on any atom is 0.289 e. The Kier molecular flexibility index (Phi) is 7.12. The molecule has 0 aliphatic rings. The summed E-state index contributed by atoms with van der Waals surface area (Å²) in [5.74, 6) is 1.14. The number of nitrogens with one attached hydrogen (secondary N) is 2. The van der Waals surface area contributed by atoms with Crippen LogP contribution in [0.15, 0.2) is 90.0 Å². The first kappa shape index (κ1) is 21.8. The fourth-order valence-corrected chi connectivity index (χ4v) is 3.11. The van der Waals surface area contributed by atoms with Gasteiger partial charge in [-0.3, -0.25) is 9.89 Å². The van der Waals surface area contributed by atoms with E-state index < -0.39 is 0 Å². The van der Waals surface area contributed by atoms with Gasteiger partial charge in [-0.15, -0.1) is 0 Å². The molecule has 7 heteroatoms. The van der Waals surface area contributed by atoms with Crippen molar-refractivity contribution in [1.82, 2.24) is 15.6 Å². The van der Waals surface area contributed by atoms with E-state index in [0.717, 1.165) is 28.2 Å². The maximum absolute atomic E-state index is 12.4. The van der Waals surface area contributed by atoms with Crippen LogP contribution in [0.2, 0.25) is 0 Å². The third-order valence-electron chi connectivity index (χ3n) is 4.77. The van der Waals surface area contributed by atoms with Crippen molar-refractivity contribution in [3.8, 4) is 22.8 Å². The van der Waals surface area contributed by atoms with Gasteiger partial charge in [0.1, 0.15) is 23.8 Å². The normalized spacial score (nSPS) is 10.8. The highest BCUT2D eigenvalue weighted by Gasteiger charge is 2.11. The van der Waals surface area contributed by atoms with Crippen molar-refractivity contribution in [3.05, 3.63) is 102 Å². The SMILES string of the molecule is CCOc1ccc(/C=N\NC(=O)c2cc(-c3cccc(OCc4ccccc4)c3)n[nH]2)cc1. The minimum absolute atomic E-state index is 0.310. The predicted molar refractivity (Wildman–Crippen MR) is 127 cm³/mol. The number of amides is 1. The number of hydrogen-bond acceptors (Lipinski definition) is 5. The number of aromatic amines is 1. The average Bonchev–Trinajstić information content (AvgIpc) is 3.36. The first-order valence-electron chi connectivity index (χ1n) is 10.6. The van der Waals surface area contributed by atoms with Crippen LogP contribution in [0.5, 0.6) is 11.5 Å². The van der Waals surface area contributed by atoms with E-state index >= 15 is 0 Å². The van der Waals surface area contributed by atoms with E-state index in [9.17, 15) is 4.79 Å². The summed E-state index contributed by atoms with van der Waals surface area (Å²) in [6, 6.07) is 26.7. The number of ether oxygens (including phenoxy) is 2. The molecule has 0 unspecified atom stereocenters. The lowest BCUT2D eigenvalue weighted by molar-refractivity contribution is 0.0950. The third-order valence-corrected chi connectivity index (χ3v) is 4.77. The highest BCUT2D eigenvalue weighted by Crippen LogP contribution is 2.23. The van der Waals surface area contributed by atoms with Crippen molar-refractivity contribution in [1.29, 1.82) is 0 Å². The van der Waals surface area contributed by atoms with E-state index in [0.29, 0.717) is 24.6 Å². The fourth-order valence-electron chi connectivity index (χ4n) is 3.11. The second kappa shape index (κ2) is 10.8. The molecule has 0 spiro atoms. The molecule has 0 saturated heterocycles. The van der Waals surface area contributed by atoms with Crippen molar-refractivity contribution in [2.24, 2.45) is 5.10 Å². The molecule has 2 N–H and O–H groups in total. The molecule has 4 aromatic rings. The van der Waals surface area contributed by atoms with Crippen molar-refractivity contribution in [2.45, 2.75) is 13.5 Å². The van der Waals surface area contributed by atoms with Gasteiger partial charge in [-0.1, -0.05) is 42.5 Å². The Morgan fingerprint density at radius 1 is 0.970 bits per heavy atom. The molecule has 0 radical (unpaired) electrons. The fraction of sp³-hybridized carbons (Fsp3) is 0.115. The predicted octanol–water partition coefficient (Wildman–Crippen LogP) is 4.82. The van der Waals surface area contributed by atoms with Crippen molar-refractivity contribution >= 4 is 12.1 Å². The van der Waals surface area contributed by atoms with Crippen molar-refractivity contribution in [2.75, 3.05) is 6.61 Å². The number of carbonyl (C=O) groups excluding carboxylic acids is 1. The van der Waals surface area contributed by atoms with E-state index in [2.05, 4.69) is 20.7 Å². The summed E-state index contributed by atoms with van der Waals surface area (Å²) >= 11 is 0. The van der Waals surface area contributed by atoms with Gasteiger partial charge in [-0.25, -0.2) is 5.43 Å². The smallest absolute Gasteiger partial charge is 0.289 e. The van der Waals surface area contributed by atoms with Crippen LogP contribution in [0, 0.1) is 0 Å². The van der Waals surface area contributed by atoms with E-state index in [1.807, 2.05) is 85.8 Å². The summed E-state index contributed by atoms with van der Waals surface area (Å²) in [6.45, 7) is 3.02. The quantitative estimate of drug-likeness (QED) is 0.289. The minimum atomic E-state index is -0.382. The topological polar surface area (TPSA) is 88.6 Å². The molecule has 0 atom stereocenters. The Labute approximate surface area is 192 Å². The number of H-pyrrole nitrogens is 1. The molecule has 1 amide bonds. The minimum Gasteiger partial charge on any atom is -0.494 e. The lowest BCUT2D eigenvalue weighted by atomic mass is 10.1. The van der Waals surface area contributed by atoms with Gasteiger partial charge < -0.3 is 9.47 Å². The van der Waals surface area contributed by atoms with Crippen molar-refractivity contribution < 1.29 is 14.3 Å². The second-order valence-corrected chi connectivity index (χ2v) is 7.17. The molecular formula is C26H24N4O3. The zero-order valence-electron chi connectivity index (χ0n) is 18.2. The van der Waals surface area contributed by atoms with Crippen LogP contribution in [0.4, 0.5) is 0 Å². The Balaban J connectivity index is 1.35.